The van der Waals surface area contributed by atoms with Crippen LogP contribution in [0.2, 0.25) is 0 Å². The molecule has 7 heavy (non-hydrogen) atoms. The van der Waals surface area contributed by atoms with Crippen LogP contribution in [-0.2, 0) is 0 Å². The van der Waals surface area contributed by atoms with Gasteiger partial charge in [0, 0.05) is 17.4 Å². The highest BCUT2D eigenvalue weighted by atomic mass is 27.0. The van der Waals surface area contributed by atoms with Crippen LogP contribution in [0.15, 0.2) is 0 Å². The first-order chi connectivity index (χ1) is 2.83. The highest BCUT2D eigenvalue weighted by Gasteiger charge is 1.36. The van der Waals surface area contributed by atoms with Gasteiger partial charge in [0.2, 0.25) is 0 Å². The lowest BCUT2D eigenvalue weighted by molar-refractivity contribution is 1.09. The molecule has 0 spiro atoms. The molecule has 1 heteroatoms. The van der Waals surface area contributed by atoms with Crippen LogP contribution >= 0.6 is 0 Å². The first-order valence-corrected chi connectivity index (χ1v) is 2.83. The topological polar surface area (TPSA) is 0 Å². The van der Waals surface area contributed by atoms with E-state index in [9.17, 15) is 0 Å². The van der Waals surface area contributed by atoms with Crippen LogP contribution in [0.25, 0.3) is 0 Å². The predicted octanol–water partition coefficient (Wildman–Crippen LogP) is 2.45. The Balaban J connectivity index is -0.0000000400. The summed E-state index contributed by atoms with van der Waals surface area (Å²) >= 11 is 0. The second-order valence-electron chi connectivity index (χ2n) is 1.41. The van der Waals surface area contributed by atoms with Crippen LogP contribution in [0.1, 0.15) is 40.5 Å². The van der Waals surface area contributed by atoms with Gasteiger partial charge in [0.15, 0.2) is 0 Å². The van der Waals surface area contributed by atoms with Crippen LogP contribution in [0.5, 0.6) is 0 Å². The molecule has 0 fully saturated rings. The zero-order chi connectivity index (χ0) is 5.41. The van der Waals surface area contributed by atoms with Crippen LogP contribution in [-0.4, -0.2) is 17.4 Å². The molecule has 0 aliphatic heterocycles. The highest BCUT2D eigenvalue weighted by molar-refractivity contribution is 5.75. The molecule has 0 bridgehead atoms. The molecule has 0 heterocycles. The fourth-order valence-corrected chi connectivity index (χ4v) is 0. The van der Waals surface area contributed by atoms with Gasteiger partial charge < -0.3 is 0 Å². The maximum atomic E-state index is 2.12. The van der Waals surface area contributed by atoms with E-state index >= 15 is 0 Å². The zero-order valence-electron chi connectivity index (χ0n) is 5.99. The lowest BCUT2D eigenvalue weighted by atomic mass is 10.6. The largest absolute Gasteiger partial charge is 0.0656 e. The summed E-state index contributed by atoms with van der Waals surface area (Å²) in [6, 6.07) is 0. The summed E-state index contributed by atoms with van der Waals surface area (Å²) in [7, 11) is 0. The lowest BCUT2D eigenvalue weighted by Gasteiger charge is -1.48. The van der Waals surface area contributed by atoms with E-state index < -0.39 is 0 Å². The highest BCUT2D eigenvalue weighted by Crippen LogP contribution is 1.56. The average Bonchev–Trinajstić information content (AvgIpc) is 1.39. The van der Waals surface area contributed by atoms with Gasteiger partial charge in [-0.05, 0) is 0 Å². The van der Waals surface area contributed by atoms with Crippen LogP contribution in [0, 0.1) is 0 Å². The van der Waals surface area contributed by atoms with E-state index in [0.29, 0.717) is 0 Å². The zero-order valence-corrected chi connectivity index (χ0v) is 7.15. The van der Waals surface area contributed by atoms with Gasteiger partial charge in [-0.1, -0.05) is 40.5 Å². The first kappa shape index (κ1) is 15.6. The summed E-state index contributed by atoms with van der Waals surface area (Å²) in [6.07, 6.45) is 2.50. The molecule has 0 aromatic rings. The third-order valence-corrected chi connectivity index (χ3v) is 0. The van der Waals surface area contributed by atoms with Gasteiger partial charge in [0.1, 0.15) is 0 Å². The van der Waals surface area contributed by atoms with Gasteiger partial charge in [0.05, 0.1) is 0 Å². The maximum Gasteiger partial charge on any atom is 0 e. The second kappa shape index (κ2) is 31.2. The van der Waals surface area contributed by atoms with Crippen molar-refractivity contribution in [2.24, 2.45) is 0 Å². The number of hydrogen-bond donors (Lipinski definition) is 0. The summed E-state index contributed by atoms with van der Waals surface area (Å²) in [5.74, 6) is 0. The Morgan fingerprint density at radius 2 is 0.714 bits per heavy atom. The van der Waals surface area contributed by atoms with Crippen molar-refractivity contribution in [3.05, 3.63) is 0 Å². The molecule has 0 rings (SSSR count). The van der Waals surface area contributed by atoms with Gasteiger partial charge in [-0.15, -0.1) is 0 Å². The van der Waals surface area contributed by atoms with Gasteiger partial charge in [-0.25, -0.2) is 0 Å². The van der Waals surface area contributed by atoms with E-state index in [1.165, 1.54) is 12.8 Å². The second-order valence-corrected chi connectivity index (χ2v) is 1.41. The third-order valence-electron chi connectivity index (χ3n) is 0. The van der Waals surface area contributed by atoms with E-state index in [4.69, 9.17) is 0 Å². The Morgan fingerprint density at radius 3 is 0.714 bits per heavy atom. The Morgan fingerprint density at radius 1 is 0.714 bits per heavy atom. The molecular formula is C6H16Al. The minimum Gasteiger partial charge on any atom is -0.0656 e. The first-order valence-electron chi connectivity index (χ1n) is 2.83. The fraction of sp³-hybridized carbons (Fsp3) is 1.00. The summed E-state index contributed by atoms with van der Waals surface area (Å²) in [5.41, 5.74) is 0. The Labute approximate surface area is 58.4 Å². The van der Waals surface area contributed by atoms with Crippen LogP contribution < -0.4 is 0 Å². The van der Waals surface area contributed by atoms with Crippen molar-refractivity contribution in [3.63, 3.8) is 0 Å². The van der Waals surface area contributed by atoms with Crippen LogP contribution in [0.3, 0.4) is 0 Å². The smallest absolute Gasteiger partial charge is 0 e. The molecule has 43 valence electrons. The Hall–Kier alpha value is 0.532. The monoisotopic (exact) mass is 115 g/mol. The predicted molar refractivity (Wildman–Crippen MR) is 37.7 cm³/mol. The standard InChI is InChI=1S/2C3H8.Al/c2*1-3-2;/h2*3H2,1-2H3;. The van der Waals surface area contributed by atoms with E-state index in [2.05, 4.69) is 27.7 Å². The molecule has 0 saturated carbocycles. The third kappa shape index (κ3) is 473. The lowest BCUT2D eigenvalue weighted by Crippen LogP contribution is -1.27. The number of hydrogen-bond acceptors (Lipinski definition) is 0. The quantitative estimate of drug-likeness (QED) is 0.425. The molecule has 0 N–H and O–H groups in total. The number of rotatable bonds is 0. The Bertz CT molecular complexity index is 6.14. The van der Waals surface area contributed by atoms with E-state index in [-0.39, 0.29) is 17.4 Å². The summed E-state index contributed by atoms with van der Waals surface area (Å²) in [4.78, 5) is 0. The van der Waals surface area contributed by atoms with Crippen LogP contribution in [0.4, 0.5) is 0 Å². The van der Waals surface area contributed by atoms with Gasteiger partial charge in [0.25, 0.3) is 0 Å². The summed E-state index contributed by atoms with van der Waals surface area (Å²) in [5, 5.41) is 0. The van der Waals surface area contributed by atoms with E-state index in [0.717, 1.165) is 0 Å². The van der Waals surface area contributed by atoms with Crippen molar-refractivity contribution in [1.29, 1.82) is 0 Å². The maximum absolute atomic E-state index is 2.12. The molecule has 0 atom stereocenters. The van der Waals surface area contributed by atoms with Crippen molar-refractivity contribution in [2.75, 3.05) is 0 Å². The van der Waals surface area contributed by atoms with Gasteiger partial charge >= 0.3 is 0 Å². The Kier molecular flexibility index (Phi) is 69.7. The fourth-order valence-electron chi connectivity index (χ4n) is 0. The molecule has 0 unspecified atom stereocenters. The van der Waals surface area contributed by atoms with Gasteiger partial charge in [-0.2, -0.15) is 0 Å². The molecule has 0 aliphatic rings. The normalized spacial score (nSPS) is 5.14. The molecule has 0 amide bonds. The molecular weight excluding hydrogens is 99.0 g/mol. The van der Waals surface area contributed by atoms with Crippen molar-refractivity contribution in [1.82, 2.24) is 0 Å². The van der Waals surface area contributed by atoms with Crippen molar-refractivity contribution in [3.8, 4) is 0 Å². The minimum atomic E-state index is 0. The van der Waals surface area contributed by atoms with E-state index in [1.54, 1.807) is 0 Å². The van der Waals surface area contributed by atoms with Crippen molar-refractivity contribution in [2.45, 2.75) is 40.5 Å². The van der Waals surface area contributed by atoms with Crippen molar-refractivity contribution < 1.29 is 0 Å². The molecule has 0 nitrogen and oxygen atoms in total. The molecule has 0 aliphatic carbocycles. The molecule has 0 saturated heterocycles. The summed E-state index contributed by atoms with van der Waals surface area (Å²) < 4.78 is 0. The average molecular weight is 115 g/mol. The van der Waals surface area contributed by atoms with Gasteiger partial charge in [-0.3, -0.25) is 0 Å². The minimum absolute atomic E-state index is 0. The van der Waals surface area contributed by atoms with Crippen molar-refractivity contribution >= 4 is 17.4 Å². The SMILES string of the molecule is CCC.CCC.[Al]. The molecule has 3 radical (unpaired) electrons. The summed E-state index contributed by atoms with van der Waals surface area (Å²) in [6.45, 7) is 8.50. The molecule has 0 aromatic carbocycles. The van der Waals surface area contributed by atoms with E-state index in [1.807, 2.05) is 0 Å². The molecule has 0 aromatic heterocycles.